The molecule has 0 aromatic heterocycles. The molecule has 1 aliphatic carbocycles. The molecule has 1 spiro atoms. The minimum Gasteiger partial charge on any atom is -0.396 e. The van der Waals surface area contributed by atoms with Crippen LogP contribution in [0.5, 0.6) is 0 Å². The van der Waals surface area contributed by atoms with Crippen molar-refractivity contribution in [2.24, 2.45) is 11.3 Å². The SMILES string of the molecule is CC(CO)CCCN1C(=O)CC2(CCCCCC2)C1=O. The van der Waals surface area contributed by atoms with Gasteiger partial charge in [0, 0.05) is 19.6 Å². The second kappa shape index (κ2) is 6.70. The van der Waals surface area contributed by atoms with Crippen molar-refractivity contribution in [3.05, 3.63) is 0 Å². The molecular formula is C16H27NO3. The van der Waals surface area contributed by atoms with Gasteiger partial charge in [-0.1, -0.05) is 32.6 Å². The van der Waals surface area contributed by atoms with Gasteiger partial charge in [-0.3, -0.25) is 14.5 Å². The summed E-state index contributed by atoms with van der Waals surface area (Å²) in [6.45, 7) is 2.69. The molecule has 0 radical (unpaired) electrons. The Morgan fingerprint density at radius 1 is 1.20 bits per heavy atom. The Balaban J connectivity index is 1.94. The summed E-state index contributed by atoms with van der Waals surface area (Å²) in [6.07, 6.45) is 8.41. The van der Waals surface area contributed by atoms with Gasteiger partial charge in [0.15, 0.2) is 0 Å². The molecule has 4 heteroatoms. The van der Waals surface area contributed by atoms with Crippen LogP contribution in [-0.4, -0.2) is 35.0 Å². The first-order valence-corrected chi connectivity index (χ1v) is 8.05. The van der Waals surface area contributed by atoms with E-state index in [-0.39, 0.29) is 29.8 Å². The quantitative estimate of drug-likeness (QED) is 0.788. The molecule has 114 valence electrons. The molecule has 0 aromatic carbocycles. The highest BCUT2D eigenvalue weighted by Gasteiger charge is 2.50. The molecule has 2 fully saturated rings. The van der Waals surface area contributed by atoms with Crippen molar-refractivity contribution in [2.45, 2.75) is 64.7 Å². The van der Waals surface area contributed by atoms with Crippen LogP contribution >= 0.6 is 0 Å². The van der Waals surface area contributed by atoms with Gasteiger partial charge >= 0.3 is 0 Å². The Morgan fingerprint density at radius 3 is 2.45 bits per heavy atom. The van der Waals surface area contributed by atoms with Gasteiger partial charge in [-0.25, -0.2) is 0 Å². The summed E-state index contributed by atoms with van der Waals surface area (Å²) in [5.41, 5.74) is -0.365. The third kappa shape index (κ3) is 3.22. The molecule has 0 bridgehead atoms. The fraction of sp³-hybridized carbons (Fsp3) is 0.875. The van der Waals surface area contributed by atoms with E-state index in [1.54, 1.807) is 0 Å². The minimum atomic E-state index is -0.365. The van der Waals surface area contributed by atoms with Crippen molar-refractivity contribution in [2.75, 3.05) is 13.2 Å². The van der Waals surface area contributed by atoms with Gasteiger partial charge in [0.25, 0.3) is 0 Å². The molecule has 2 amide bonds. The van der Waals surface area contributed by atoms with Crippen LogP contribution in [0.3, 0.4) is 0 Å². The zero-order valence-electron chi connectivity index (χ0n) is 12.6. The zero-order valence-corrected chi connectivity index (χ0v) is 12.6. The van der Waals surface area contributed by atoms with E-state index in [0.29, 0.717) is 13.0 Å². The largest absolute Gasteiger partial charge is 0.396 e. The molecule has 2 aliphatic rings. The lowest BCUT2D eigenvalue weighted by atomic mass is 9.79. The van der Waals surface area contributed by atoms with Crippen LogP contribution in [0.25, 0.3) is 0 Å². The van der Waals surface area contributed by atoms with Gasteiger partial charge in [0.2, 0.25) is 11.8 Å². The third-order valence-corrected chi connectivity index (χ3v) is 4.94. The van der Waals surface area contributed by atoms with Crippen LogP contribution in [0.15, 0.2) is 0 Å². The number of hydrogen-bond donors (Lipinski definition) is 1. The maximum Gasteiger partial charge on any atom is 0.235 e. The molecule has 1 heterocycles. The summed E-state index contributed by atoms with van der Waals surface area (Å²) >= 11 is 0. The summed E-state index contributed by atoms with van der Waals surface area (Å²) < 4.78 is 0. The van der Waals surface area contributed by atoms with Crippen molar-refractivity contribution < 1.29 is 14.7 Å². The topological polar surface area (TPSA) is 57.6 Å². The van der Waals surface area contributed by atoms with Crippen molar-refractivity contribution >= 4 is 11.8 Å². The van der Waals surface area contributed by atoms with Crippen LogP contribution in [0, 0.1) is 11.3 Å². The van der Waals surface area contributed by atoms with Gasteiger partial charge in [-0.2, -0.15) is 0 Å². The number of carbonyl (C=O) groups is 2. The standard InChI is InChI=1S/C16H27NO3/c1-13(12-18)7-6-10-17-14(19)11-16(15(17)20)8-4-2-3-5-9-16/h13,18H,2-12H2,1H3. The Kier molecular flexibility index (Phi) is 5.19. The molecule has 0 aromatic rings. The maximum atomic E-state index is 12.6. The summed E-state index contributed by atoms with van der Waals surface area (Å²) in [5.74, 6) is 0.351. The lowest BCUT2D eigenvalue weighted by molar-refractivity contribution is -0.141. The first kappa shape index (κ1) is 15.5. The molecule has 1 saturated heterocycles. The first-order valence-electron chi connectivity index (χ1n) is 8.05. The number of carbonyl (C=O) groups excluding carboxylic acids is 2. The molecule has 4 nitrogen and oxygen atoms in total. The van der Waals surface area contributed by atoms with Crippen LogP contribution < -0.4 is 0 Å². The number of likely N-dealkylation sites (tertiary alicyclic amines) is 1. The number of hydrogen-bond acceptors (Lipinski definition) is 3. The van der Waals surface area contributed by atoms with Crippen molar-refractivity contribution in [1.82, 2.24) is 4.90 Å². The van der Waals surface area contributed by atoms with Crippen LogP contribution in [-0.2, 0) is 9.59 Å². The molecule has 1 unspecified atom stereocenters. The highest BCUT2D eigenvalue weighted by molar-refractivity contribution is 6.05. The smallest absolute Gasteiger partial charge is 0.235 e. The summed E-state index contributed by atoms with van der Waals surface area (Å²) in [5, 5.41) is 9.01. The average Bonchev–Trinajstić information content (AvgIpc) is 2.63. The highest BCUT2D eigenvalue weighted by atomic mass is 16.3. The van der Waals surface area contributed by atoms with Gasteiger partial charge in [-0.05, 0) is 31.6 Å². The molecule has 1 saturated carbocycles. The van der Waals surface area contributed by atoms with Gasteiger partial charge in [0.05, 0.1) is 5.41 Å². The van der Waals surface area contributed by atoms with E-state index >= 15 is 0 Å². The summed E-state index contributed by atoms with van der Waals surface area (Å²) in [4.78, 5) is 26.3. The van der Waals surface area contributed by atoms with Gasteiger partial charge < -0.3 is 5.11 Å². The van der Waals surface area contributed by atoms with Crippen LogP contribution in [0.4, 0.5) is 0 Å². The van der Waals surface area contributed by atoms with E-state index in [4.69, 9.17) is 5.11 Å². The summed E-state index contributed by atoms with van der Waals surface area (Å²) in [6, 6.07) is 0. The van der Waals surface area contributed by atoms with Crippen molar-refractivity contribution in [3.8, 4) is 0 Å². The minimum absolute atomic E-state index is 0.0218. The number of aliphatic hydroxyl groups is 1. The van der Waals surface area contributed by atoms with E-state index in [0.717, 1.165) is 38.5 Å². The molecule has 1 N–H and O–H groups in total. The van der Waals surface area contributed by atoms with E-state index in [1.807, 2.05) is 6.92 Å². The average molecular weight is 281 g/mol. The Labute approximate surface area is 121 Å². The Hall–Kier alpha value is -0.900. The van der Waals surface area contributed by atoms with Crippen molar-refractivity contribution in [3.63, 3.8) is 0 Å². The Morgan fingerprint density at radius 2 is 1.85 bits per heavy atom. The number of aliphatic hydroxyl groups excluding tert-OH is 1. The van der Waals surface area contributed by atoms with Crippen LogP contribution in [0.2, 0.25) is 0 Å². The van der Waals surface area contributed by atoms with E-state index in [9.17, 15) is 9.59 Å². The number of rotatable bonds is 5. The maximum absolute atomic E-state index is 12.6. The Bertz CT molecular complexity index is 359. The fourth-order valence-corrected chi connectivity index (χ4v) is 3.57. The first-order chi connectivity index (χ1) is 9.59. The van der Waals surface area contributed by atoms with Gasteiger partial charge in [-0.15, -0.1) is 0 Å². The normalized spacial score (nSPS) is 24.2. The highest BCUT2D eigenvalue weighted by Crippen LogP contribution is 2.44. The lowest BCUT2D eigenvalue weighted by Gasteiger charge is -2.25. The predicted octanol–water partition coefficient (Wildman–Crippen LogP) is 2.49. The van der Waals surface area contributed by atoms with Gasteiger partial charge in [0.1, 0.15) is 0 Å². The molecule has 1 atom stereocenters. The second-order valence-electron chi connectivity index (χ2n) is 6.65. The predicted molar refractivity (Wildman–Crippen MR) is 77.0 cm³/mol. The lowest BCUT2D eigenvalue weighted by Crippen LogP contribution is -2.36. The fourth-order valence-electron chi connectivity index (χ4n) is 3.57. The van der Waals surface area contributed by atoms with E-state index in [1.165, 1.54) is 17.7 Å². The van der Waals surface area contributed by atoms with Crippen molar-refractivity contribution in [1.29, 1.82) is 0 Å². The third-order valence-electron chi connectivity index (χ3n) is 4.94. The molecular weight excluding hydrogens is 254 g/mol. The number of amides is 2. The zero-order chi connectivity index (χ0) is 14.6. The number of nitrogens with zero attached hydrogens (tertiary/aromatic N) is 1. The molecule has 2 rings (SSSR count). The summed E-state index contributed by atoms with van der Waals surface area (Å²) in [7, 11) is 0. The second-order valence-corrected chi connectivity index (χ2v) is 6.65. The molecule has 20 heavy (non-hydrogen) atoms. The van der Waals surface area contributed by atoms with E-state index < -0.39 is 0 Å². The monoisotopic (exact) mass is 281 g/mol. The van der Waals surface area contributed by atoms with Crippen LogP contribution in [0.1, 0.15) is 64.7 Å². The van der Waals surface area contributed by atoms with E-state index in [2.05, 4.69) is 0 Å². The number of imide groups is 1. The molecule has 1 aliphatic heterocycles.